The van der Waals surface area contributed by atoms with Crippen molar-refractivity contribution < 1.29 is 9.53 Å². The van der Waals surface area contributed by atoms with Crippen LogP contribution in [0.5, 0.6) is 6.01 Å². The largest absolute Gasteiger partial charge is 0.458 e. The Kier molecular flexibility index (Phi) is 4.55. The lowest BCUT2D eigenvalue weighted by molar-refractivity contribution is -0.129. The van der Waals surface area contributed by atoms with Gasteiger partial charge >= 0.3 is 6.01 Å². The minimum absolute atomic E-state index is 0.0316. The van der Waals surface area contributed by atoms with Crippen LogP contribution in [0, 0.1) is 13.8 Å². The zero-order chi connectivity index (χ0) is 16.2. The van der Waals surface area contributed by atoms with Gasteiger partial charge in [0.25, 0.3) is 0 Å². The number of benzene rings is 1. The molecule has 0 saturated carbocycles. The first-order valence-electron chi connectivity index (χ1n) is 7.91. The maximum Gasteiger partial charge on any atom is 0.317 e. The third kappa shape index (κ3) is 4.06. The Hall–Kier alpha value is -2.43. The highest BCUT2D eigenvalue weighted by Crippen LogP contribution is 2.17. The van der Waals surface area contributed by atoms with E-state index in [0.717, 1.165) is 29.9 Å². The molecule has 3 rings (SSSR count). The van der Waals surface area contributed by atoms with Gasteiger partial charge in [0, 0.05) is 24.4 Å². The van der Waals surface area contributed by atoms with Gasteiger partial charge in [-0.25, -0.2) is 9.97 Å². The molecule has 23 heavy (non-hydrogen) atoms. The first-order valence-corrected chi connectivity index (χ1v) is 7.91. The third-order valence-corrected chi connectivity index (χ3v) is 3.93. The standard InChI is InChI=1S/C18H21N3O2/c1-13-10-14(2)20-18(19-13)23-16-8-9-21(12-16)17(22)11-15-6-4-3-5-7-15/h3-7,10,16H,8-9,11-12H2,1-2H3/t16-/m1/s1. The van der Waals surface area contributed by atoms with Gasteiger partial charge in [0.05, 0.1) is 13.0 Å². The van der Waals surface area contributed by atoms with E-state index in [1.54, 1.807) is 0 Å². The van der Waals surface area contributed by atoms with E-state index in [9.17, 15) is 4.79 Å². The molecule has 5 heteroatoms. The summed E-state index contributed by atoms with van der Waals surface area (Å²) in [6.07, 6.45) is 1.22. The zero-order valence-corrected chi connectivity index (χ0v) is 13.5. The van der Waals surface area contributed by atoms with Crippen LogP contribution in [0.25, 0.3) is 0 Å². The van der Waals surface area contributed by atoms with E-state index in [1.807, 2.05) is 55.1 Å². The summed E-state index contributed by atoms with van der Waals surface area (Å²) in [6, 6.07) is 12.1. The first kappa shape index (κ1) is 15.5. The molecule has 1 atom stereocenters. The summed E-state index contributed by atoms with van der Waals surface area (Å²) in [5, 5.41) is 0. The first-order chi connectivity index (χ1) is 11.1. The van der Waals surface area contributed by atoms with E-state index in [4.69, 9.17) is 4.74 Å². The summed E-state index contributed by atoms with van der Waals surface area (Å²) < 4.78 is 5.85. The highest BCUT2D eigenvalue weighted by molar-refractivity contribution is 5.79. The minimum atomic E-state index is -0.0316. The molecular formula is C18H21N3O2. The normalized spacial score (nSPS) is 17.3. The zero-order valence-electron chi connectivity index (χ0n) is 13.5. The SMILES string of the molecule is Cc1cc(C)nc(O[C@@H]2CCN(C(=O)Cc3ccccc3)C2)n1. The summed E-state index contributed by atoms with van der Waals surface area (Å²) in [5.74, 6) is 0.142. The van der Waals surface area contributed by atoms with Crippen LogP contribution >= 0.6 is 0 Å². The van der Waals surface area contributed by atoms with E-state index in [1.165, 1.54) is 0 Å². The Bertz CT molecular complexity index is 668. The lowest BCUT2D eigenvalue weighted by Crippen LogP contribution is -2.32. The van der Waals surface area contributed by atoms with Crippen LogP contribution in [-0.4, -0.2) is 40.0 Å². The molecule has 1 aliphatic rings. The van der Waals surface area contributed by atoms with Crippen molar-refractivity contribution in [3.63, 3.8) is 0 Å². The van der Waals surface area contributed by atoms with Gasteiger partial charge in [-0.15, -0.1) is 0 Å². The van der Waals surface area contributed by atoms with Crippen molar-refractivity contribution in [3.8, 4) is 6.01 Å². The molecule has 2 heterocycles. The highest BCUT2D eigenvalue weighted by atomic mass is 16.5. The smallest absolute Gasteiger partial charge is 0.317 e. The van der Waals surface area contributed by atoms with Gasteiger partial charge in [0.2, 0.25) is 5.91 Å². The highest BCUT2D eigenvalue weighted by Gasteiger charge is 2.28. The summed E-state index contributed by atoms with van der Waals surface area (Å²) in [6.45, 7) is 5.17. The number of ether oxygens (including phenoxy) is 1. The number of hydrogen-bond acceptors (Lipinski definition) is 4. The Morgan fingerprint density at radius 3 is 2.61 bits per heavy atom. The lowest BCUT2D eigenvalue weighted by Gasteiger charge is -2.17. The fourth-order valence-corrected chi connectivity index (χ4v) is 2.83. The number of hydrogen-bond donors (Lipinski definition) is 0. The number of rotatable bonds is 4. The second kappa shape index (κ2) is 6.77. The topological polar surface area (TPSA) is 55.3 Å². The molecule has 0 bridgehead atoms. The van der Waals surface area contributed by atoms with Crippen LogP contribution < -0.4 is 4.74 Å². The summed E-state index contributed by atoms with van der Waals surface area (Å²) >= 11 is 0. The van der Waals surface area contributed by atoms with E-state index in [2.05, 4.69) is 9.97 Å². The lowest BCUT2D eigenvalue weighted by atomic mass is 10.1. The molecule has 0 radical (unpaired) electrons. The predicted octanol–water partition coefficient (Wildman–Crippen LogP) is 2.32. The maximum atomic E-state index is 12.4. The monoisotopic (exact) mass is 311 g/mol. The Morgan fingerprint density at radius 2 is 1.91 bits per heavy atom. The van der Waals surface area contributed by atoms with Crippen molar-refractivity contribution in [2.75, 3.05) is 13.1 Å². The van der Waals surface area contributed by atoms with E-state index in [0.29, 0.717) is 19.0 Å². The maximum absolute atomic E-state index is 12.4. The quantitative estimate of drug-likeness (QED) is 0.869. The molecule has 120 valence electrons. The Labute approximate surface area is 136 Å². The van der Waals surface area contributed by atoms with Crippen molar-refractivity contribution in [1.29, 1.82) is 0 Å². The van der Waals surface area contributed by atoms with Gasteiger partial charge in [-0.05, 0) is 25.5 Å². The molecule has 1 fully saturated rings. The van der Waals surface area contributed by atoms with Gasteiger partial charge in [0.1, 0.15) is 6.10 Å². The Balaban J connectivity index is 1.56. The number of amides is 1. The van der Waals surface area contributed by atoms with Crippen molar-refractivity contribution in [1.82, 2.24) is 14.9 Å². The number of carbonyl (C=O) groups excluding carboxylic acids is 1. The Morgan fingerprint density at radius 1 is 1.22 bits per heavy atom. The molecule has 1 amide bonds. The van der Waals surface area contributed by atoms with Crippen molar-refractivity contribution in [2.45, 2.75) is 32.8 Å². The molecule has 0 aliphatic carbocycles. The van der Waals surface area contributed by atoms with Gasteiger partial charge in [0.15, 0.2) is 0 Å². The van der Waals surface area contributed by atoms with Crippen molar-refractivity contribution in [2.24, 2.45) is 0 Å². The molecule has 2 aromatic rings. The fourth-order valence-electron chi connectivity index (χ4n) is 2.83. The van der Waals surface area contributed by atoms with Crippen molar-refractivity contribution in [3.05, 3.63) is 53.3 Å². The van der Waals surface area contributed by atoms with Gasteiger partial charge in [-0.1, -0.05) is 30.3 Å². The number of carbonyl (C=O) groups is 1. The molecule has 5 nitrogen and oxygen atoms in total. The van der Waals surface area contributed by atoms with Crippen LogP contribution in [0.15, 0.2) is 36.4 Å². The average Bonchev–Trinajstić information content (AvgIpc) is 2.96. The van der Waals surface area contributed by atoms with Gasteiger partial charge in [-0.2, -0.15) is 0 Å². The van der Waals surface area contributed by atoms with Crippen molar-refractivity contribution >= 4 is 5.91 Å². The van der Waals surface area contributed by atoms with Crippen LogP contribution in [0.1, 0.15) is 23.4 Å². The van der Waals surface area contributed by atoms with Crippen LogP contribution in [-0.2, 0) is 11.2 Å². The molecule has 0 N–H and O–H groups in total. The molecule has 1 aliphatic heterocycles. The number of aryl methyl sites for hydroxylation is 2. The molecule has 1 aromatic heterocycles. The van der Waals surface area contributed by atoms with E-state index < -0.39 is 0 Å². The second-order valence-corrected chi connectivity index (χ2v) is 5.96. The fraction of sp³-hybridized carbons (Fsp3) is 0.389. The summed E-state index contributed by atoms with van der Waals surface area (Å²) in [4.78, 5) is 22.8. The molecular weight excluding hydrogens is 290 g/mol. The van der Waals surface area contributed by atoms with Gasteiger partial charge in [-0.3, -0.25) is 4.79 Å². The van der Waals surface area contributed by atoms with Crippen LogP contribution in [0.2, 0.25) is 0 Å². The second-order valence-electron chi connectivity index (χ2n) is 5.96. The summed E-state index contributed by atoms with van der Waals surface area (Å²) in [5.41, 5.74) is 2.82. The van der Waals surface area contributed by atoms with E-state index in [-0.39, 0.29) is 12.0 Å². The third-order valence-electron chi connectivity index (χ3n) is 3.93. The summed E-state index contributed by atoms with van der Waals surface area (Å²) in [7, 11) is 0. The average molecular weight is 311 g/mol. The molecule has 0 spiro atoms. The number of nitrogens with zero attached hydrogens (tertiary/aromatic N) is 3. The predicted molar refractivity (Wildman–Crippen MR) is 87.3 cm³/mol. The molecule has 1 aromatic carbocycles. The number of aromatic nitrogens is 2. The number of likely N-dealkylation sites (tertiary alicyclic amines) is 1. The van der Waals surface area contributed by atoms with Crippen LogP contribution in [0.3, 0.4) is 0 Å². The molecule has 0 unspecified atom stereocenters. The van der Waals surface area contributed by atoms with Crippen LogP contribution in [0.4, 0.5) is 0 Å². The van der Waals surface area contributed by atoms with Gasteiger partial charge < -0.3 is 9.64 Å². The minimum Gasteiger partial charge on any atom is -0.458 e. The molecule has 1 saturated heterocycles. The van der Waals surface area contributed by atoms with E-state index >= 15 is 0 Å².